The SMILES string of the molecule is CC1(C)CC(=O)c2cc(C(=O)Nc3ccccc3O)ccc2O1. The van der Waals surface area contributed by atoms with Gasteiger partial charge in [0.2, 0.25) is 0 Å². The lowest BCUT2D eigenvalue weighted by Gasteiger charge is -2.31. The van der Waals surface area contributed by atoms with Crippen molar-refractivity contribution in [2.24, 2.45) is 0 Å². The lowest BCUT2D eigenvalue weighted by atomic mass is 9.92. The third-order valence-electron chi connectivity index (χ3n) is 3.67. The number of benzene rings is 2. The van der Waals surface area contributed by atoms with Crippen LogP contribution >= 0.6 is 0 Å². The fourth-order valence-corrected chi connectivity index (χ4v) is 2.57. The van der Waals surface area contributed by atoms with Crippen molar-refractivity contribution >= 4 is 17.4 Å². The Morgan fingerprint density at radius 1 is 1.22 bits per heavy atom. The predicted molar refractivity (Wildman–Crippen MR) is 86.2 cm³/mol. The van der Waals surface area contributed by atoms with Crippen LogP contribution in [0.3, 0.4) is 0 Å². The van der Waals surface area contributed by atoms with Gasteiger partial charge in [0, 0.05) is 5.56 Å². The zero-order valence-corrected chi connectivity index (χ0v) is 12.9. The van der Waals surface area contributed by atoms with Gasteiger partial charge >= 0.3 is 0 Å². The average molecular weight is 311 g/mol. The normalized spacial score (nSPS) is 15.5. The number of carbonyl (C=O) groups is 2. The number of carbonyl (C=O) groups excluding carboxylic acids is 2. The molecular formula is C18H17NO4. The van der Waals surface area contributed by atoms with Crippen molar-refractivity contribution in [2.75, 3.05) is 5.32 Å². The zero-order chi connectivity index (χ0) is 16.6. The van der Waals surface area contributed by atoms with Crippen LogP contribution in [0.5, 0.6) is 11.5 Å². The maximum atomic E-state index is 12.3. The molecule has 2 N–H and O–H groups in total. The molecular weight excluding hydrogens is 294 g/mol. The summed E-state index contributed by atoms with van der Waals surface area (Å²) >= 11 is 0. The molecule has 118 valence electrons. The minimum Gasteiger partial charge on any atom is -0.506 e. The highest BCUT2D eigenvalue weighted by atomic mass is 16.5. The summed E-state index contributed by atoms with van der Waals surface area (Å²) in [6.45, 7) is 3.71. The topological polar surface area (TPSA) is 75.6 Å². The predicted octanol–water partition coefficient (Wildman–Crippen LogP) is 3.39. The first-order valence-corrected chi connectivity index (χ1v) is 7.31. The van der Waals surface area contributed by atoms with E-state index in [0.29, 0.717) is 22.6 Å². The second-order valence-corrected chi connectivity index (χ2v) is 6.14. The molecule has 2 aromatic carbocycles. The number of rotatable bonds is 2. The molecule has 5 nitrogen and oxygen atoms in total. The number of ether oxygens (including phenoxy) is 1. The molecule has 1 aliphatic heterocycles. The summed E-state index contributed by atoms with van der Waals surface area (Å²) in [7, 11) is 0. The number of para-hydroxylation sites is 2. The van der Waals surface area contributed by atoms with Crippen molar-refractivity contribution in [3.63, 3.8) is 0 Å². The maximum absolute atomic E-state index is 12.3. The van der Waals surface area contributed by atoms with Crippen LogP contribution < -0.4 is 10.1 Å². The molecule has 0 saturated carbocycles. The smallest absolute Gasteiger partial charge is 0.255 e. The highest BCUT2D eigenvalue weighted by Crippen LogP contribution is 2.33. The summed E-state index contributed by atoms with van der Waals surface area (Å²) in [6.07, 6.45) is 0.268. The molecule has 23 heavy (non-hydrogen) atoms. The molecule has 0 aromatic heterocycles. The molecule has 0 fully saturated rings. The first-order valence-electron chi connectivity index (χ1n) is 7.31. The van der Waals surface area contributed by atoms with E-state index in [9.17, 15) is 14.7 Å². The molecule has 1 amide bonds. The minimum absolute atomic E-state index is 0.0139. The monoisotopic (exact) mass is 311 g/mol. The molecule has 0 spiro atoms. The van der Waals surface area contributed by atoms with Gasteiger partial charge in [-0.1, -0.05) is 12.1 Å². The van der Waals surface area contributed by atoms with Gasteiger partial charge in [0.05, 0.1) is 17.7 Å². The molecule has 2 aromatic rings. The van der Waals surface area contributed by atoms with Crippen molar-refractivity contribution in [2.45, 2.75) is 25.9 Å². The number of amides is 1. The van der Waals surface area contributed by atoms with Crippen molar-refractivity contribution in [1.29, 1.82) is 0 Å². The van der Waals surface area contributed by atoms with Crippen LogP contribution in [0.15, 0.2) is 42.5 Å². The highest BCUT2D eigenvalue weighted by Gasteiger charge is 2.32. The second-order valence-electron chi connectivity index (χ2n) is 6.14. The standard InChI is InChI=1S/C18H17NO4/c1-18(2)10-15(21)12-9-11(7-8-16(12)23-18)17(22)19-13-5-3-4-6-14(13)20/h3-9,20H,10H2,1-2H3,(H,19,22). The van der Waals surface area contributed by atoms with Crippen LogP contribution in [-0.2, 0) is 0 Å². The van der Waals surface area contributed by atoms with Crippen molar-refractivity contribution in [1.82, 2.24) is 0 Å². The molecule has 1 aliphatic rings. The summed E-state index contributed by atoms with van der Waals surface area (Å²) < 4.78 is 5.77. The number of anilines is 1. The van der Waals surface area contributed by atoms with Crippen LogP contribution in [0.4, 0.5) is 5.69 Å². The second kappa shape index (κ2) is 5.43. The summed E-state index contributed by atoms with van der Waals surface area (Å²) in [5, 5.41) is 12.3. The Morgan fingerprint density at radius 3 is 2.70 bits per heavy atom. The van der Waals surface area contributed by atoms with E-state index in [1.807, 2.05) is 13.8 Å². The van der Waals surface area contributed by atoms with Crippen LogP contribution in [0, 0.1) is 0 Å². The van der Waals surface area contributed by atoms with Gasteiger partial charge in [0.15, 0.2) is 5.78 Å². The van der Waals surface area contributed by atoms with Crippen molar-refractivity contribution in [3.05, 3.63) is 53.6 Å². The number of phenols is 1. The lowest BCUT2D eigenvalue weighted by molar-refractivity contribution is 0.0620. The van der Waals surface area contributed by atoms with E-state index in [4.69, 9.17) is 4.74 Å². The van der Waals surface area contributed by atoms with Gasteiger partial charge < -0.3 is 15.2 Å². The van der Waals surface area contributed by atoms with E-state index >= 15 is 0 Å². The van der Waals surface area contributed by atoms with Gasteiger partial charge in [0.25, 0.3) is 5.91 Å². The molecule has 0 radical (unpaired) electrons. The Kier molecular flexibility index (Phi) is 3.56. The van der Waals surface area contributed by atoms with Crippen molar-refractivity contribution in [3.8, 4) is 11.5 Å². The molecule has 0 bridgehead atoms. The molecule has 1 heterocycles. The van der Waals surface area contributed by atoms with Crippen LogP contribution in [0.25, 0.3) is 0 Å². The number of hydrogen-bond donors (Lipinski definition) is 2. The van der Waals surface area contributed by atoms with Crippen LogP contribution in [-0.4, -0.2) is 22.4 Å². The van der Waals surface area contributed by atoms with Gasteiger partial charge in [-0.2, -0.15) is 0 Å². The van der Waals surface area contributed by atoms with E-state index in [-0.39, 0.29) is 18.0 Å². The van der Waals surface area contributed by atoms with Gasteiger partial charge in [-0.15, -0.1) is 0 Å². The number of phenolic OH excluding ortho intramolecular Hbond substituents is 1. The summed E-state index contributed by atoms with van der Waals surface area (Å²) in [6, 6.07) is 11.2. The minimum atomic E-state index is -0.538. The van der Waals surface area contributed by atoms with E-state index in [1.165, 1.54) is 12.1 Å². The van der Waals surface area contributed by atoms with E-state index < -0.39 is 11.5 Å². The number of hydrogen-bond acceptors (Lipinski definition) is 4. The largest absolute Gasteiger partial charge is 0.506 e. The maximum Gasteiger partial charge on any atom is 0.255 e. The van der Waals surface area contributed by atoms with Crippen LogP contribution in [0.2, 0.25) is 0 Å². The Hall–Kier alpha value is -2.82. The molecule has 3 rings (SSSR count). The quantitative estimate of drug-likeness (QED) is 0.834. The Labute approximate surface area is 133 Å². The molecule has 0 unspecified atom stereocenters. The number of ketones is 1. The van der Waals surface area contributed by atoms with Crippen molar-refractivity contribution < 1.29 is 19.4 Å². The van der Waals surface area contributed by atoms with Gasteiger partial charge in [-0.05, 0) is 44.2 Å². The number of Topliss-reactive ketones (excluding diaryl/α,β-unsaturated/α-hetero) is 1. The Morgan fingerprint density at radius 2 is 1.96 bits per heavy atom. The van der Waals surface area contributed by atoms with E-state index in [1.54, 1.807) is 30.3 Å². The van der Waals surface area contributed by atoms with Crippen LogP contribution in [0.1, 0.15) is 41.0 Å². The highest BCUT2D eigenvalue weighted by molar-refractivity contribution is 6.08. The average Bonchev–Trinajstić information content (AvgIpc) is 2.48. The summed E-state index contributed by atoms with van der Waals surface area (Å²) in [5.74, 6) is 0.0331. The van der Waals surface area contributed by atoms with E-state index in [0.717, 1.165) is 0 Å². The first kappa shape index (κ1) is 15.1. The van der Waals surface area contributed by atoms with E-state index in [2.05, 4.69) is 5.32 Å². The Balaban J connectivity index is 1.88. The van der Waals surface area contributed by atoms with Gasteiger partial charge in [-0.25, -0.2) is 0 Å². The van der Waals surface area contributed by atoms with Gasteiger partial charge in [-0.3, -0.25) is 9.59 Å². The summed E-state index contributed by atoms with van der Waals surface area (Å²) in [5.41, 5.74) is 0.529. The van der Waals surface area contributed by atoms with Gasteiger partial charge in [0.1, 0.15) is 17.1 Å². The fourth-order valence-electron chi connectivity index (χ4n) is 2.57. The zero-order valence-electron chi connectivity index (χ0n) is 12.9. The molecule has 5 heteroatoms. The first-order chi connectivity index (χ1) is 10.9. The fraction of sp³-hybridized carbons (Fsp3) is 0.222. The molecule has 0 aliphatic carbocycles. The molecule has 0 atom stereocenters. The Bertz CT molecular complexity index is 795. The number of fused-ring (bicyclic) bond motifs is 1. The summed E-state index contributed by atoms with van der Waals surface area (Å²) in [4.78, 5) is 24.5. The lowest BCUT2D eigenvalue weighted by Crippen LogP contribution is -2.36. The number of nitrogens with one attached hydrogen (secondary N) is 1. The molecule has 0 saturated heterocycles. The third-order valence-corrected chi connectivity index (χ3v) is 3.67. The third kappa shape index (κ3) is 3.04. The number of aromatic hydroxyl groups is 1.